The highest BCUT2D eigenvalue weighted by Crippen LogP contribution is 2.23. The van der Waals surface area contributed by atoms with Crippen LogP contribution >= 0.6 is 0 Å². The standard InChI is InChI=1S/C16H28N4O3/c1-5-23-9-8-20-14(10-13(2)17-20)15(21)19-7-6-16(22,12-19)11-18(3)4/h10,22H,5-9,11-12H2,1-4H3/t16-/m0/s1. The summed E-state index contributed by atoms with van der Waals surface area (Å²) in [5.41, 5.74) is 0.550. The maximum absolute atomic E-state index is 12.8. The highest BCUT2D eigenvalue weighted by Gasteiger charge is 2.39. The highest BCUT2D eigenvalue weighted by atomic mass is 16.5. The maximum Gasteiger partial charge on any atom is 0.272 e. The molecule has 0 saturated carbocycles. The Kier molecular flexibility index (Phi) is 5.78. The molecule has 1 aromatic rings. The van der Waals surface area contributed by atoms with E-state index < -0.39 is 5.60 Å². The predicted molar refractivity (Wildman–Crippen MR) is 87.5 cm³/mol. The fourth-order valence-corrected chi connectivity index (χ4v) is 3.09. The van der Waals surface area contributed by atoms with Gasteiger partial charge in [0.05, 0.1) is 31.0 Å². The number of aryl methyl sites for hydroxylation is 1. The molecule has 0 spiro atoms. The Morgan fingerprint density at radius 1 is 1.52 bits per heavy atom. The van der Waals surface area contributed by atoms with Crippen LogP contribution in [-0.4, -0.2) is 83.1 Å². The number of carbonyl (C=O) groups excluding carboxylic acids is 1. The van der Waals surface area contributed by atoms with E-state index in [0.717, 1.165) is 5.69 Å². The Balaban J connectivity index is 2.06. The molecule has 7 nitrogen and oxygen atoms in total. The van der Waals surface area contributed by atoms with E-state index in [4.69, 9.17) is 4.74 Å². The van der Waals surface area contributed by atoms with Crippen LogP contribution in [0.1, 0.15) is 29.5 Å². The zero-order chi connectivity index (χ0) is 17.0. The number of amides is 1. The van der Waals surface area contributed by atoms with Crippen LogP contribution in [-0.2, 0) is 11.3 Å². The second kappa shape index (κ2) is 7.42. The number of likely N-dealkylation sites (N-methyl/N-ethyl adjacent to an activating group) is 1. The number of β-amino-alcohol motifs (C(OH)–C–C–N with tert-alkyl or cyclic N) is 1. The van der Waals surface area contributed by atoms with Gasteiger partial charge in [-0.25, -0.2) is 0 Å². The molecular formula is C16H28N4O3. The monoisotopic (exact) mass is 324 g/mol. The predicted octanol–water partition coefficient (Wildman–Crippen LogP) is 0.367. The average molecular weight is 324 g/mol. The lowest BCUT2D eigenvalue weighted by Crippen LogP contribution is -2.43. The van der Waals surface area contributed by atoms with Gasteiger partial charge in [-0.1, -0.05) is 0 Å². The molecule has 1 aromatic heterocycles. The largest absolute Gasteiger partial charge is 0.387 e. The smallest absolute Gasteiger partial charge is 0.272 e. The number of likely N-dealkylation sites (tertiary alicyclic amines) is 1. The molecule has 1 aliphatic rings. The molecule has 1 atom stereocenters. The molecule has 1 amide bonds. The zero-order valence-electron chi connectivity index (χ0n) is 14.6. The van der Waals surface area contributed by atoms with Gasteiger partial charge in [0, 0.05) is 19.7 Å². The molecule has 2 heterocycles. The maximum atomic E-state index is 12.8. The third-order valence-electron chi connectivity index (χ3n) is 4.00. The van der Waals surface area contributed by atoms with Gasteiger partial charge in [0.1, 0.15) is 5.69 Å². The highest BCUT2D eigenvalue weighted by molar-refractivity contribution is 5.93. The van der Waals surface area contributed by atoms with E-state index in [1.165, 1.54) is 0 Å². The molecule has 1 saturated heterocycles. The van der Waals surface area contributed by atoms with E-state index in [0.29, 0.717) is 51.5 Å². The van der Waals surface area contributed by atoms with E-state index >= 15 is 0 Å². The summed E-state index contributed by atoms with van der Waals surface area (Å²) in [6.07, 6.45) is 0.600. The van der Waals surface area contributed by atoms with Gasteiger partial charge in [-0.15, -0.1) is 0 Å². The van der Waals surface area contributed by atoms with Crippen LogP contribution in [0.3, 0.4) is 0 Å². The molecule has 0 unspecified atom stereocenters. The number of hydrogen-bond donors (Lipinski definition) is 1. The van der Waals surface area contributed by atoms with Gasteiger partial charge in [0.15, 0.2) is 0 Å². The van der Waals surface area contributed by atoms with Crippen LogP contribution in [0.4, 0.5) is 0 Å². The topological polar surface area (TPSA) is 70.8 Å². The number of rotatable bonds is 7. The van der Waals surface area contributed by atoms with Crippen molar-refractivity contribution in [3.63, 3.8) is 0 Å². The lowest BCUT2D eigenvalue weighted by Gasteiger charge is -2.26. The molecular weight excluding hydrogens is 296 g/mol. The minimum Gasteiger partial charge on any atom is -0.387 e. The number of hydrogen-bond acceptors (Lipinski definition) is 5. The van der Waals surface area contributed by atoms with Crippen molar-refractivity contribution in [2.45, 2.75) is 32.4 Å². The van der Waals surface area contributed by atoms with Gasteiger partial charge in [-0.3, -0.25) is 9.48 Å². The molecule has 7 heteroatoms. The van der Waals surface area contributed by atoms with E-state index in [1.807, 2.05) is 32.8 Å². The van der Waals surface area contributed by atoms with Gasteiger partial charge < -0.3 is 19.6 Å². The lowest BCUT2D eigenvalue weighted by molar-refractivity contribution is 0.0233. The van der Waals surface area contributed by atoms with Crippen LogP contribution in [0.5, 0.6) is 0 Å². The molecule has 1 N–H and O–H groups in total. The molecule has 0 aromatic carbocycles. The van der Waals surface area contributed by atoms with Gasteiger partial charge in [0.2, 0.25) is 0 Å². The minimum atomic E-state index is -0.829. The lowest BCUT2D eigenvalue weighted by atomic mass is 10.0. The summed E-state index contributed by atoms with van der Waals surface area (Å²) in [6.45, 7) is 7.03. The van der Waals surface area contributed by atoms with E-state index in [9.17, 15) is 9.90 Å². The number of carbonyl (C=O) groups is 1. The first-order chi connectivity index (χ1) is 10.8. The summed E-state index contributed by atoms with van der Waals surface area (Å²) < 4.78 is 7.06. The van der Waals surface area contributed by atoms with E-state index in [-0.39, 0.29) is 5.91 Å². The molecule has 0 radical (unpaired) electrons. The van der Waals surface area contributed by atoms with Crippen molar-refractivity contribution in [1.29, 1.82) is 0 Å². The first-order valence-corrected chi connectivity index (χ1v) is 8.13. The second-order valence-electron chi connectivity index (χ2n) is 6.53. The molecule has 0 bridgehead atoms. The Morgan fingerprint density at radius 2 is 2.26 bits per heavy atom. The first kappa shape index (κ1) is 17.9. The van der Waals surface area contributed by atoms with E-state index in [1.54, 1.807) is 15.6 Å². The van der Waals surface area contributed by atoms with Crippen LogP contribution in [0.25, 0.3) is 0 Å². The average Bonchev–Trinajstić information content (AvgIpc) is 3.01. The van der Waals surface area contributed by atoms with Gasteiger partial charge in [0.25, 0.3) is 5.91 Å². The SMILES string of the molecule is CCOCCn1nc(C)cc1C(=O)N1CC[C@](O)(CN(C)C)C1. The Hall–Kier alpha value is -1.44. The fourth-order valence-electron chi connectivity index (χ4n) is 3.09. The molecule has 1 aliphatic heterocycles. The van der Waals surface area contributed by atoms with Crippen LogP contribution < -0.4 is 0 Å². The van der Waals surface area contributed by atoms with Crippen molar-refractivity contribution < 1.29 is 14.6 Å². The summed E-state index contributed by atoms with van der Waals surface area (Å²) in [7, 11) is 3.85. The van der Waals surface area contributed by atoms with Crippen molar-refractivity contribution >= 4 is 5.91 Å². The van der Waals surface area contributed by atoms with Crippen LogP contribution in [0.15, 0.2) is 6.07 Å². The number of aliphatic hydroxyl groups is 1. The van der Waals surface area contributed by atoms with Crippen molar-refractivity contribution in [2.75, 3.05) is 46.9 Å². The van der Waals surface area contributed by atoms with Gasteiger partial charge in [-0.2, -0.15) is 5.10 Å². The van der Waals surface area contributed by atoms with E-state index in [2.05, 4.69) is 5.10 Å². The molecule has 130 valence electrons. The van der Waals surface area contributed by atoms with Crippen molar-refractivity contribution in [3.05, 3.63) is 17.5 Å². The summed E-state index contributed by atoms with van der Waals surface area (Å²) >= 11 is 0. The first-order valence-electron chi connectivity index (χ1n) is 8.13. The number of nitrogens with zero attached hydrogens (tertiary/aromatic N) is 4. The normalized spacial score (nSPS) is 21.4. The third kappa shape index (κ3) is 4.53. The minimum absolute atomic E-state index is 0.0724. The van der Waals surface area contributed by atoms with Crippen molar-refractivity contribution in [1.82, 2.24) is 19.6 Å². The zero-order valence-corrected chi connectivity index (χ0v) is 14.6. The number of aromatic nitrogens is 2. The summed E-state index contributed by atoms with van der Waals surface area (Å²) in [4.78, 5) is 16.5. The van der Waals surface area contributed by atoms with Gasteiger partial charge in [-0.05, 0) is 40.4 Å². The number of ether oxygens (including phenoxy) is 1. The fraction of sp³-hybridized carbons (Fsp3) is 0.750. The Bertz CT molecular complexity index is 543. The Labute approximate surface area is 137 Å². The summed E-state index contributed by atoms with van der Waals surface area (Å²) in [5.74, 6) is -0.0724. The van der Waals surface area contributed by atoms with Crippen LogP contribution in [0, 0.1) is 6.92 Å². The molecule has 0 aliphatic carbocycles. The summed E-state index contributed by atoms with van der Waals surface area (Å²) in [6, 6.07) is 1.80. The van der Waals surface area contributed by atoms with Gasteiger partial charge >= 0.3 is 0 Å². The molecule has 23 heavy (non-hydrogen) atoms. The summed E-state index contributed by atoms with van der Waals surface area (Å²) in [5, 5.41) is 15.0. The van der Waals surface area contributed by atoms with Crippen molar-refractivity contribution in [2.24, 2.45) is 0 Å². The molecule has 1 fully saturated rings. The Morgan fingerprint density at radius 3 is 2.91 bits per heavy atom. The quantitative estimate of drug-likeness (QED) is 0.734. The second-order valence-corrected chi connectivity index (χ2v) is 6.53. The third-order valence-corrected chi connectivity index (χ3v) is 4.00. The van der Waals surface area contributed by atoms with Crippen LogP contribution in [0.2, 0.25) is 0 Å². The molecule has 2 rings (SSSR count). The van der Waals surface area contributed by atoms with Crippen molar-refractivity contribution in [3.8, 4) is 0 Å².